The van der Waals surface area contributed by atoms with Gasteiger partial charge in [-0.3, -0.25) is 9.69 Å². The predicted octanol–water partition coefficient (Wildman–Crippen LogP) is 2.70. The molecule has 1 fully saturated rings. The van der Waals surface area contributed by atoms with E-state index in [1.54, 1.807) is 0 Å². The first-order chi connectivity index (χ1) is 14.4. The van der Waals surface area contributed by atoms with Crippen LogP contribution in [-0.2, 0) is 9.84 Å². The van der Waals surface area contributed by atoms with Gasteiger partial charge in [-0.05, 0) is 12.1 Å². The van der Waals surface area contributed by atoms with E-state index < -0.39 is 9.84 Å². The summed E-state index contributed by atoms with van der Waals surface area (Å²) in [5.74, 6) is 0.143. The van der Waals surface area contributed by atoms with Gasteiger partial charge in [-0.25, -0.2) is 13.4 Å². The maximum absolute atomic E-state index is 13.4. The molecule has 2 aromatic carbocycles. The number of fused-ring (bicyclic) bond motifs is 1. The molecule has 3 aromatic rings. The Morgan fingerprint density at radius 2 is 1.63 bits per heavy atom. The maximum atomic E-state index is 13.4. The van der Waals surface area contributed by atoms with E-state index in [9.17, 15) is 13.2 Å². The van der Waals surface area contributed by atoms with Crippen LogP contribution >= 0.6 is 0 Å². The molecule has 0 radical (unpaired) electrons. The van der Waals surface area contributed by atoms with Crippen LogP contribution in [0.25, 0.3) is 22.2 Å². The van der Waals surface area contributed by atoms with Crippen molar-refractivity contribution in [3.05, 3.63) is 66.2 Å². The predicted molar refractivity (Wildman–Crippen MR) is 119 cm³/mol. The standard InChI is InChI=1S/C23H25N3O3S/c1-30(28,29)16-15-25-11-13-26(14-12-25)23(27)20-17-22(18-7-3-2-4-8-18)24-21-10-6-5-9-19(20)21/h2-10,17H,11-16H2,1H3. The number of nitrogens with zero attached hydrogens (tertiary/aromatic N) is 3. The molecule has 1 saturated heterocycles. The summed E-state index contributed by atoms with van der Waals surface area (Å²) in [5.41, 5.74) is 3.21. The second-order valence-electron chi connectivity index (χ2n) is 7.70. The third-order valence-corrected chi connectivity index (χ3v) is 6.38. The van der Waals surface area contributed by atoms with Crippen molar-refractivity contribution in [2.45, 2.75) is 0 Å². The van der Waals surface area contributed by atoms with Gasteiger partial charge in [-0.15, -0.1) is 0 Å². The van der Waals surface area contributed by atoms with Crippen LogP contribution < -0.4 is 0 Å². The van der Waals surface area contributed by atoms with Crippen molar-refractivity contribution in [1.82, 2.24) is 14.8 Å². The number of carbonyl (C=O) groups is 1. The summed E-state index contributed by atoms with van der Waals surface area (Å²) >= 11 is 0. The Morgan fingerprint density at radius 3 is 2.33 bits per heavy atom. The summed E-state index contributed by atoms with van der Waals surface area (Å²) in [5, 5.41) is 0.849. The van der Waals surface area contributed by atoms with Gasteiger partial charge in [0.1, 0.15) is 9.84 Å². The molecule has 1 aromatic heterocycles. The molecule has 1 aliphatic heterocycles. The molecule has 1 amide bonds. The van der Waals surface area contributed by atoms with Gasteiger partial charge in [0.2, 0.25) is 0 Å². The summed E-state index contributed by atoms with van der Waals surface area (Å²) in [6.07, 6.45) is 1.26. The Morgan fingerprint density at radius 1 is 0.967 bits per heavy atom. The maximum Gasteiger partial charge on any atom is 0.254 e. The Bertz CT molecular complexity index is 1150. The van der Waals surface area contributed by atoms with Crippen molar-refractivity contribution in [3.8, 4) is 11.3 Å². The van der Waals surface area contributed by atoms with E-state index in [4.69, 9.17) is 4.98 Å². The second kappa shape index (κ2) is 8.53. The van der Waals surface area contributed by atoms with Gasteiger partial charge < -0.3 is 4.90 Å². The first-order valence-corrected chi connectivity index (χ1v) is 12.1. The van der Waals surface area contributed by atoms with Crippen LogP contribution in [0, 0.1) is 0 Å². The summed E-state index contributed by atoms with van der Waals surface area (Å²) in [4.78, 5) is 22.1. The average Bonchev–Trinajstić information content (AvgIpc) is 2.77. The number of hydrogen-bond donors (Lipinski definition) is 0. The van der Waals surface area contributed by atoms with Crippen molar-refractivity contribution in [1.29, 1.82) is 0 Å². The van der Waals surface area contributed by atoms with Crippen LogP contribution in [0.15, 0.2) is 60.7 Å². The number of benzene rings is 2. The number of para-hydroxylation sites is 1. The number of aromatic nitrogens is 1. The highest BCUT2D eigenvalue weighted by atomic mass is 32.2. The molecule has 0 unspecified atom stereocenters. The summed E-state index contributed by atoms with van der Waals surface area (Å²) in [6, 6.07) is 19.5. The number of hydrogen-bond acceptors (Lipinski definition) is 5. The van der Waals surface area contributed by atoms with Gasteiger partial charge in [0.25, 0.3) is 5.91 Å². The van der Waals surface area contributed by atoms with Gasteiger partial charge in [-0.1, -0.05) is 48.5 Å². The monoisotopic (exact) mass is 423 g/mol. The zero-order chi connectivity index (χ0) is 21.1. The Balaban J connectivity index is 1.58. The van der Waals surface area contributed by atoms with E-state index >= 15 is 0 Å². The van der Waals surface area contributed by atoms with Crippen LogP contribution in [0.4, 0.5) is 0 Å². The van der Waals surface area contributed by atoms with E-state index in [0.29, 0.717) is 38.3 Å². The molecule has 0 saturated carbocycles. The van der Waals surface area contributed by atoms with Crippen molar-refractivity contribution < 1.29 is 13.2 Å². The molecule has 30 heavy (non-hydrogen) atoms. The van der Waals surface area contributed by atoms with Gasteiger partial charge in [0, 0.05) is 49.9 Å². The summed E-state index contributed by atoms with van der Waals surface area (Å²) in [7, 11) is -2.98. The molecule has 0 N–H and O–H groups in total. The fraction of sp³-hybridized carbons (Fsp3) is 0.304. The molecule has 0 aliphatic carbocycles. The van der Waals surface area contributed by atoms with Gasteiger partial charge in [0.05, 0.1) is 22.5 Å². The number of sulfone groups is 1. The van der Waals surface area contributed by atoms with Crippen LogP contribution in [-0.4, -0.2) is 73.8 Å². The highest BCUT2D eigenvalue weighted by Crippen LogP contribution is 2.26. The Labute approximate surface area is 177 Å². The highest BCUT2D eigenvalue weighted by Gasteiger charge is 2.24. The minimum atomic E-state index is -2.98. The third-order valence-electron chi connectivity index (χ3n) is 5.45. The molecule has 1 aliphatic rings. The largest absolute Gasteiger partial charge is 0.336 e. The number of amides is 1. The fourth-order valence-electron chi connectivity index (χ4n) is 3.75. The minimum absolute atomic E-state index is 0.00598. The molecule has 0 atom stereocenters. The van der Waals surface area contributed by atoms with E-state index in [-0.39, 0.29) is 11.7 Å². The van der Waals surface area contributed by atoms with E-state index in [0.717, 1.165) is 22.2 Å². The van der Waals surface area contributed by atoms with Gasteiger partial charge in [-0.2, -0.15) is 0 Å². The Kier molecular flexibility index (Phi) is 5.83. The average molecular weight is 424 g/mol. The molecule has 6 nitrogen and oxygen atoms in total. The highest BCUT2D eigenvalue weighted by molar-refractivity contribution is 7.90. The fourth-order valence-corrected chi connectivity index (χ4v) is 4.34. The molecule has 7 heteroatoms. The third kappa shape index (κ3) is 4.68. The number of piperazine rings is 1. The van der Waals surface area contributed by atoms with Crippen LogP contribution in [0.2, 0.25) is 0 Å². The lowest BCUT2D eigenvalue weighted by Gasteiger charge is -2.34. The molecule has 2 heterocycles. The lowest BCUT2D eigenvalue weighted by molar-refractivity contribution is 0.0646. The number of pyridine rings is 1. The summed E-state index contributed by atoms with van der Waals surface area (Å²) in [6.45, 7) is 3.03. The smallest absolute Gasteiger partial charge is 0.254 e. The number of rotatable bonds is 5. The second-order valence-corrected chi connectivity index (χ2v) is 9.96. The van der Waals surface area contributed by atoms with Crippen molar-refractivity contribution in [3.63, 3.8) is 0 Å². The molecule has 0 spiro atoms. The van der Waals surface area contributed by atoms with E-state index in [1.165, 1.54) is 6.26 Å². The topological polar surface area (TPSA) is 70.6 Å². The van der Waals surface area contributed by atoms with Crippen molar-refractivity contribution in [2.75, 3.05) is 44.7 Å². The summed E-state index contributed by atoms with van der Waals surface area (Å²) < 4.78 is 22.8. The zero-order valence-corrected chi connectivity index (χ0v) is 17.8. The normalized spacial score (nSPS) is 15.4. The minimum Gasteiger partial charge on any atom is -0.336 e. The first-order valence-electron chi connectivity index (χ1n) is 10.1. The van der Waals surface area contributed by atoms with Gasteiger partial charge in [0.15, 0.2) is 0 Å². The zero-order valence-electron chi connectivity index (χ0n) is 17.0. The number of carbonyl (C=O) groups excluding carboxylic acids is 1. The Hall–Kier alpha value is -2.77. The molecule has 156 valence electrons. The van der Waals surface area contributed by atoms with Crippen LogP contribution in [0.1, 0.15) is 10.4 Å². The van der Waals surface area contributed by atoms with Gasteiger partial charge >= 0.3 is 0 Å². The quantitative estimate of drug-likeness (QED) is 0.631. The molecule has 0 bridgehead atoms. The molecule has 4 rings (SSSR count). The van der Waals surface area contributed by atoms with Crippen LogP contribution in [0.3, 0.4) is 0 Å². The molecular weight excluding hydrogens is 398 g/mol. The van der Waals surface area contributed by atoms with E-state index in [1.807, 2.05) is 65.6 Å². The lowest BCUT2D eigenvalue weighted by atomic mass is 10.0. The van der Waals surface area contributed by atoms with E-state index in [2.05, 4.69) is 4.90 Å². The first kappa shape index (κ1) is 20.5. The SMILES string of the molecule is CS(=O)(=O)CCN1CCN(C(=O)c2cc(-c3ccccc3)nc3ccccc23)CC1. The lowest BCUT2D eigenvalue weighted by Crippen LogP contribution is -2.49. The van der Waals surface area contributed by atoms with Crippen molar-refractivity contribution in [2.24, 2.45) is 0 Å². The molecular formula is C23H25N3O3S. The van der Waals surface area contributed by atoms with Crippen molar-refractivity contribution >= 4 is 26.6 Å². The van der Waals surface area contributed by atoms with Crippen LogP contribution in [0.5, 0.6) is 0 Å².